The lowest BCUT2D eigenvalue weighted by Gasteiger charge is -2.05. The van der Waals surface area contributed by atoms with Gasteiger partial charge in [-0.05, 0) is 37.9 Å². The van der Waals surface area contributed by atoms with Crippen molar-refractivity contribution in [1.82, 2.24) is 15.8 Å². The standard InChI is InChI=1S/C12H20ClN3O2/c1-3-6-14-7-8-15-11(17)5-4-10-9(2)16-18-12(10)13/h14H,3-8H2,1-2H3,(H,15,17). The zero-order valence-electron chi connectivity index (χ0n) is 10.9. The number of hydrogen-bond acceptors (Lipinski definition) is 4. The molecule has 0 bridgehead atoms. The molecule has 0 aliphatic rings. The van der Waals surface area contributed by atoms with Gasteiger partial charge in [0, 0.05) is 25.1 Å². The van der Waals surface area contributed by atoms with Crippen molar-refractivity contribution in [2.45, 2.75) is 33.1 Å². The zero-order valence-corrected chi connectivity index (χ0v) is 11.6. The van der Waals surface area contributed by atoms with Gasteiger partial charge in [-0.1, -0.05) is 12.1 Å². The van der Waals surface area contributed by atoms with E-state index in [0.717, 1.165) is 30.8 Å². The van der Waals surface area contributed by atoms with Gasteiger partial charge in [-0.3, -0.25) is 4.79 Å². The summed E-state index contributed by atoms with van der Waals surface area (Å²) in [4.78, 5) is 11.6. The largest absolute Gasteiger partial charge is 0.355 e. The SMILES string of the molecule is CCCNCCNC(=O)CCc1c(C)noc1Cl. The summed E-state index contributed by atoms with van der Waals surface area (Å²) in [6.07, 6.45) is 2.05. The molecule has 0 aromatic carbocycles. The number of carbonyl (C=O) groups excluding carboxylic acids is 1. The van der Waals surface area contributed by atoms with E-state index in [-0.39, 0.29) is 11.1 Å². The normalized spacial score (nSPS) is 10.6. The maximum absolute atomic E-state index is 11.6. The lowest BCUT2D eigenvalue weighted by Crippen LogP contribution is -2.32. The smallest absolute Gasteiger partial charge is 0.229 e. The molecule has 1 rings (SSSR count). The van der Waals surface area contributed by atoms with Crippen LogP contribution >= 0.6 is 11.6 Å². The van der Waals surface area contributed by atoms with Crippen LogP contribution in [0.4, 0.5) is 0 Å². The van der Waals surface area contributed by atoms with Crippen LogP contribution in [-0.4, -0.2) is 30.7 Å². The van der Waals surface area contributed by atoms with Gasteiger partial charge >= 0.3 is 0 Å². The molecule has 0 saturated carbocycles. The molecule has 0 radical (unpaired) electrons. The fraction of sp³-hybridized carbons (Fsp3) is 0.667. The second-order valence-corrected chi connectivity index (χ2v) is 4.46. The van der Waals surface area contributed by atoms with Crippen molar-refractivity contribution in [1.29, 1.82) is 0 Å². The first-order valence-electron chi connectivity index (χ1n) is 6.23. The van der Waals surface area contributed by atoms with E-state index in [9.17, 15) is 4.79 Å². The number of halogens is 1. The van der Waals surface area contributed by atoms with Crippen LogP contribution in [0.15, 0.2) is 4.52 Å². The highest BCUT2D eigenvalue weighted by Crippen LogP contribution is 2.20. The van der Waals surface area contributed by atoms with Gasteiger partial charge in [0.25, 0.3) is 0 Å². The molecule has 0 saturated heterocycles. The first-order valence-corrected chi connectivity index (χ1v) is 6.61. The van der Waals surface area contributed by atoms with E-state index in [1.165, 1.54) is 0 Å². The summed E-state index contributed by atoms with van der Waals surface area (Å²) >= 11 is 5.82. The minimum atomic E-state index is 0.0185. The molecule has 1 aromatic heterocycles. The third-order valence-electron chi connectivity index (χ3n) is 2.59. The molecule has 0 atom stereocenters. The Kier molecular flexibility index (Phi) is 6.75. The van der Waals surface area contributed by atoms with Gasteiger partial charge in [0.2, 0.25) is 11.1 Å². The average Bonchev–Trinajstić information content (AvgIpc) is 2.66. The second-order valence-electron chi connectivity index (χ2n) is 4.12. The summed E-state index contributed by atoms with van der Waals surface area (Å²) in [7, 11) is 0. The lowest BCUT2D eigenvalue weighted by molar-refractivity contribution is -0.121. The van der Waals surface area contributed by atoms with E-state index < -0.39 is 0 Å². The Labute approximate surface area is 112 Å². The Balaban J connectivity index is 2.17. The molecule has 1 heterocycles. The Bertz CT molecular complexity index is 360. The van der Waals surface area contributed by atoms with Gasteiger partial charge in [0.1, 0.15) is 0 Å². The fourth-order valence-corrected chi connectivity index (χ4v) is 1.82. The number of nitrogens with zero attached hydrogens (tertiary/aromatic N) is 1. The van der Waals surface area contributed by atoms with E-state index in [2.05, 4.69) is 22.7 Å². The van der Waals surface area contributed by atoms with Crippen molar-refractivity contribution in [2.24, 2.45) is 0 Å². The number of rotatable bonds is 8. The predicted molar refractivity (Wildman–Crippen MR) is 70.7 cm³/mol. The van der Waals surface area contributed by atoms with Crippen molar-refractivity contribution in [3.63, 3.8) is 0 Å². The molecule has 2 N–H and O–H groups in total. The molecule has 0 aliphatic carbocycles. The summed E-state index contributed by atoms with van der Waals surface area (Å²) in [6, 6.07) is 0. The predicted octanol–water partition coefficient (Wildman–Crippen LogP) is 1.68. The van der Waals surface area contributed by atoms with Crippen molar-refractivity contribution >= 4 is 17.5 Å². The number of aromatic nitrogens is 1. The summed E-state index contributed by atoms with van der Waals surface area (Å²) in [5, 5.41) is 10.1. The first kappa shape index (κ1) is 15.0. The van der Waals surface area contributed by atoms with Crippen molar-refractivity contribution in [3.8, 4) is 0 Å². The molecule has 0 fully saturated rings. The number of amides is 1. The van der Waals surface area contributed by atoms with E-state index in [1.807, 2.05) is 6.92 Å². The average molecular weight is 274 g/mol. The summed E-state index contributed by atoms with van der Waals surface area (Å²) in [5.74, 6) is 0.0185. The van der Waals surface area contributed by atoms with Crippen LogP contribution in [0.3, 0.4) is 0 Å². The Hall–Kier alpha value is -1.07. The summed E-state index contributed by atoms with van der Waals surface area (Å²) < 4.78 is 4.83. The maximum atomic E-state index is 11.6. The highest BCUT2D eigenvalue weighted by Gasteiger charge is 2.12. The second kappa shape index (κ2) is 8.11. The summed E-state index contributed by atoms with van der Waals surface area (Å²) in [5.41, 5.74) is 1.56. The molecule has 102 valence electrons. The van der Waals surface area contributed by atoms with Gasteiger partial charge in [-0.25, -0.2) is 0 Å². The van der Waals surface area contributed by atoms with Gasteiger partial charge in [0.15, 0.2) is 0 Å². The van der Waals surface area contributed by atoms with Crippen molar-refractivity contribution < 1.29 is 9.32 Å². The first-order chi connectivity index (χ1) is 8.65. The van der Waals surface area contributed by atoms with Gasteiger partial charge in [-0.2, -0.15) is 0 Å². The third kappa shape index (κ3) is 5.06. The van der Waals surface area contributed by atoms with Crippen LogP contribution in [0.5, 0.6) is 0 Å². The van der Waals surface area contributed by atoms with Gasteiger partial charge < -0.3 is 15.2 Å². The molecule has 1 amide bonds. The minimum Gasteiger partial charge on any atom is -0.355 e. The van der Waals surface area contributed by atoms with Crippen molar-refractivity contribution in [3.05, 3.63) is 16.5 Å². The Morgan fingerprint density at radius 2 is 2.17 bits per heavy atom. The number of aryl methyl sites for hydroxylation is 1. The van der Waals surface area contributed by atoms with E-state index in [4.69, 9.17) is 16.1 Å². The molecule has 0 spiro atoms. The highest BCUT2D eigenvalue weighted by atomic mass is 35.5. The monoisotopic (exact) mass is 273 g/mol. The molecule has 18 heavy (non-hydrogen) atoms. The zero-order chi connectivity index (χ0) is 13.4. The number of hydrogen-bond donors (Lipinski definition) is 2. The van der Waals surface area contributed by atoms with E-state index >= 15 is 0 Å². The van der Waals surface area contributed by atoms with Gasteiger partial charge in [-0.15, -0.1) is 0 Å². The van der Waals surface area contributed by atoms with Gasteiger partial charge in [0.05, 0.1) is 5.69 Å². The third-order valence-corrected chi connectivity index (χ3v) is 2.89. The van der Waals surface area contributed by atoms with E-state index in [0.29, 0.717) is 19.4 Å². The fourth-order valence-electron chi connectivity index (χ4n) is 1.56. The lowest BCUT2D eigenvalue weighted by atomic mass is 10.1. The topological polar surface area (TPSA) is 67.2 Å². The van der Waals surface area contributed by atoms with Crippen LogP contribution < -0.4 is 10.6 Å². The Morgan fingerprint density at radius 3 is 2.78 bits per heavy atom. The summed E-state index contributed by atoms with van der Waals surface area (Å²) in [6.45, 7) is 6.35. The highest BCUT2D eigenvalue weighted by molar-refractivity contribution is 6.29. The van der Waals surface area contributed by atoms with Crippen LogP contribution in [0.25, 0.3) is 0 Å². The van der Waals surface area contributed by atoms with Crippen molar-refractivity contribution in [2.75, 3.05) is 19.6 Å². The molecule has 6 heteroatoms. The molecule has 0 aliphatic heterocycles. The molecule has 0 unspecified atom stereocenters. The molecular formula is C12H20ClN3O2. The molecule has 1 aromatic rings. The van der Waals surface area contributed by atoms with Crippen LogP contribution in [0.2, 0.25) is 5.22 Å². The number of nitrogens with one attached hydrogen (secondary N) is 2. The minimum absolute atomic E-state index is 0.0185. The number of carbonyl (C=O) groups is 1. The van der Waals surface area contributed by atoms with E-state index in [1.54, 1.807) is 0 Å². The molecular weight excluding hydrogens is 254 g/mol. The molecule has 5 nitrogen and oxygen atoms in total. The van der Waals surface area contributed by atoms with Crippen LogP contribution in [-0.2, 0) is 11.2 Å². The quantitative estimate of drug-likeness (QED) is 0.708. The van der Waals surface area contributed by atoms with Crippen LogP contribution in [0.1, 0.15) is 31.0 Å². The maximum Gasteiger partial charge on any atom is 0.229 e. The van der Waals surface area contributed by atoms with Crippen LogP contribution in [0, 0.1) is 6.92 Å². The Morgan fingerprint density at radius 1 is 1.39 bits per heavy atom.